The van der Waals surface area contributed by atoms with E-state index in [0.717, 1.165) is 19.3 Å². The van der Waals surface area contributed by atoms with Crippen LogP contribution in [0.2, 0.25) is 0 Å². The van der Waals surface area contributed by atoms with Gasteiger partial charge < -0.3 is 4.74 Å². The molecule has 0 bridgehead atoms. The van der Waals surface area contributed by atoms with E-state index in [4.69, 9.17) is 8.85 Å². The Bertz CT molecular complexity index is 631. The summed E-state index contributed by atoms with van der Waals surface area (Å²) in [5.41, 5.74) is 0.692. The molecular weight excluding hydrogens is 272 g/mol. The normalized spacial score (nSPS) is 42.1. The summed E-state index contributed by atoms with van der Waals surface area (Å²) < 4.78 is 30.7. The van der Waals surface area contributed by atoms with E-state index in [0.29, 0.717) is 23.3 Å². The lowest BCUT2D eigenvalue weighted by molar-refractivity contribution is -0.157. The van der Waals surface area contributed by atoms with Gasteiger partial charge in [0, 0.05) is 4.11 Å². The van der Waals surface area contributed by atoms with Gasteiger partial charge in [-0.25, -0.2) is 0 Å². The molecule has 0 saturated heterocycles. The van der Waals surface area contributed by atoms with Crippen molar-refractivity contribution in [2.45, 2.75) is 58.4 Å². The van der Waals surface area contributed by atoms with Crippen molar-refractivity contribution in [1.29, 1.82) is 0 Å². The molecule has 5 atom stereocenters. The number of rotatable bonds is 4. The summed E-state index contributed by atoms with van der Waals surface area (Å²) >= 11 is 0. The third kappa shape index (κ3) is 3.37. The van der Waals surface area contributed by atoms with E-state index in [9.17, 15) is 4.79 Å². The Labute approximate surface area is 138 Å². The van der Waals surface area contributed by atoms with Gasteiger partial charge >= 0.3 is 5.97 Å². The smallest absolute Gasteiger partial charge is 0.309 e. The van der Waals surface area contributed by atoms with Crippen molar-refractivity contribution >= 4 is 5.97 Å². The Morgan fingerprint density at radius 2 is 2.05 bits per heavy atom. The highest BCUT2D eigenvalue weighted by atomic mass is 16.5. The van der Waals surface area contributed by atoms with Crippen LogP contribution in [0.15, 0.2) is 30.3 Å². The maximum absolute atomic E-state index is 12.8. The zero-order valence-corrected chi connectivity index (χ0v) is 13.7. The molecule has 1 aromatic carbocycles. The minimum atomic E-state index is -1.89. The van der Waals surface area contributed by atoms with Crippen LogP contribution in [-0.2, 0) is 9.53 Å². The van der Waals surface area contributed by atoms with Crippen molar-refractivity contribution in [3.05, 3.63) is 35.9 Å². The summed E-state index contributed by atoms with van der Waals surface area (Å²) in [6, 6.07) is 9.04. The summed E-state index contributed by atoms with van der Waals surface area (Å²) in [5, 5.41) is 0. The molecule has 2 nitrogen and oxygen atoms in total. The third-order valence-corrected chi connectivity index (χ3v) is 5.08. The molecule has 2 aliphatic rings. The first-order valence-corrected chi connectivity index (χ1v) is 8.45. The molecule has 3 rings (SSSR count). The topological polar surface area (TPSA) is 26.3 Å². The molecule has 0 N–H and O–H groups in total. The van der Waals surface area contributed by atoms with E-state index in [1.807, 2.05) is 18.2 Å². The Morgan fingerprint density at radius 1 is 1.32 bits per heavy atom. The first-order chi connectivity index (χ1) is 11.7. The first-order valence-electron chi connectivity index (χ1n) is 9.95. The molecule has 2 aliphatic carbocycles. The molecule has 0 aliphatic heterocycles. The van der Waals surface area contributed by atoms with Gasteiger partial charge in [0.1, 0.15) is 6.10 Å². The van der Waals surface area contributed by atoms with Crippen molar-refractivity contribution in [3.63, 3.8) is 0 Å². The number of esters is 1. The average molecular weight is 303 g/mol. The van der Waals surface area contributed by atoms with Gasteiger partial charge in [-0.2, -0.15) is 0 Å². The molecule has 0 amide bonds. The maximum Gasteiger partial charge on any atom is 0.309 e. The quantitative estimate of drug-likeness (QED) is 0.747. The fourth-order valence-electron chi connectivity index (χ4n) is 3.64. The molecule has 0 radical (unpaired) electrons. The molecule has 1 aromatic rings. The first kappa shape index (κ1) is 12.2. The zero-order valence-electron chi connectivity index (χ0n) is 16.7. The average Bonchev–Trinajstić information content (AvgIpc) is 3.02. The second-order valence-corrected chi connectivity index (χ2v) is 7.17. The van der Waals surface area contributed by atoms with Crippen LogP contribution in [0, 0.1) is 23.6 Å². The molecular formula is C20H28O2. The molecule has 2 saturated carbocycles. The molecule has 0 aromatic heterocycles. The second kappa shape index (κ2) is 6.44. The second-order valence-electron chi connectivity index (χ2n) is 7.17. The number of hydrogen-bond acceptors (Lipinski definition) is 2. The molecule has 0 heterocycles. The van der Waals surface area contributed by atoms with Crippen LogP contribution < -0.4 is 0 Å². The van der Waals surface area contributed by atoms with Crippen LogP contribution in [0.25, 0.3) is 0 Å². The molecule has 0 unspecified atom stereocenters. The number of ether oxygens (including phenoxy) is 1. The largest absolute Gasteiger partial charge is 0.462 e. The molecule has 120 valence electrons. The lowest BCUT2D eigenvalue weighted by atomic mass is 9.75. The highest BCUT2D eigenvalue weighted by Crippen LogP contribution is 2.49. The van der Waals surface area contributed by atoms with E-state index in [2.05, 4.69) is 20.8 Å². The predicted molar refractivity (Wildman–Crippen MR) is 88.5 cm³/mol. The van der Waals surface area contributed by atoms with Crippen molar-refractivity contribution in [1.82, 2.24) is 0 Å². The van der Waals surface area contributed by atoms with Crippen molar-refractivity contribution < 1.29 is 13.6 Å². The van der Waals surface area contributed by atoms with Crippen molar-refractivity contribution in [2.24, 2.45) is 23.6 Å². The Hall–Kier alpha value is -1.31. The lowest BCUT2D eigenvalue weighted by Gasteiger charge is -2.36. The van der Waals surface area contributed by atoms with Crippen LogP contribution >= 0.6 is 0 Å². The summed E-state index contributed by atoms with van der Waals surface area (Å²) in [7, 11) is 0. The van der Waals surface area contributed by atoms with Crippen LogP contribution in [0.3, 0.4) is 0 Å². The number of hydrogen-bond donors (Lipinski definition) is 0. The number of benzene rings is 1. The van der Waals surface area contributed by atoms with E-state index in [1.54, 1.807) is 12.1 Å². The van der Waals surface area contributed by atoms with E-state index >= 15 is 0 Å². The molecule has 22 heavy (non-hydrogen) atoms. The van der Waals surface area contributed by atoms with Gasteiger partial charge in [0.2, 0.25) is 0 Å². The van der Waals surface area contributed by atoms with E-state index in [1.165, 1.54) is 0 Å². The fraction of sp³-hybridized carbons (Fsp3) is 0.650. The Balaban J connectivity index is 1.78. The maximum atomic E-state index is 12.8. The monoisotopic (exact) mass is 303 g/mol. The standard InChI is InChI=1S/C20H28O2/c1-13(2)16-10-9-14(3)11-19(16)22-20(21)18-12-17(18)15-7-5-4-6-8-15/h4-8,13-14,16-19H,9-12H2,1-3H3/t14-,16+,17-,18+,19-/m1/s1/i12D2,18D. The Morgan fingerprint density at radius 3 is 2.73 bits per heavy atom. The van der Waals surface area contributed by atoms with E-state index in [-0.39, 0.29) is 6.10 Å². The van der Waals surface area contributed by atoms with Gasteiger partial charge in [0.25, 0.3) is 0 Å². The van der Waals surface area contributed by atoms with Crippen LogP contribution in [0.1, 0.15) is 62.0 Å². The van der Waals surface area contributed by atoms with Crippen LogP contribution in [0.4, 0.5) is 0 Å². The van der Waals surface area contributed by atoms with Gasteiger partial charge in [0.15, 0.2) is 0 Å². The van der Waals surface area contributed by atoms with Gasteiger partial charge in [-0.15, -0.1) is 0 Å². The number of carbonyl (C=O) groups is 1. The third-order valence-electron chi connectivity index (χ3n) is 5.08. The molecule has 2 heteroatoms. The predicted octanol–water partition coefficient (Wildman–Crippen LogP) is 4.79. The fourth-order valence-corrected chi connectivity index (χ4v) is 3.64. The van der Waals surface area contributed by atoms with Gasteiger partial charge in [-0.3, -0.25) is 4.79 Å². The van der Waals surface area contributed by atoms with E-state index < -0.39 is 24.2 Å². The highest BCUT2D eigenvalue weighted by Gasteiger charge is 2.46. The van der Waals surface area contributed by atoms with Crippen molar-refractivity contribution in [3.8, 4) is 0 Å². The summed E-state index contributed by atoms with van der Waals surface area (Å²) in [6.45, 7) is 6.44. The van der Waals surface area contributed by atoms with Crippen molar-refractivity contribution in [2.75, 3.05) is 0 Å². The summed E-state index contributed by atoms with van der Waals surface area (Å²) in [4.78, 5) is 12.8. The van der Waals surface area contributed by atoms with Gasteiger partial charge in [-0.1, -0.05) is 57.5 Å². The van der Waals surface area contributed by atoms with Gasteiger partial charge in [0.05, 0.1) is 5.89 Å². The number of carbonyl (C=O) groups excluding carboxylic acids is 1. The lowest BCUT2D eigenvalue weighted by Crippen LogP contribution is -2.36. The van der Waals surface area contributed by atoms with Gasteiger partial charge in [-0.05, 0) is 48.4 Å². The Kier molecular flexibility index (Phi) is 3.56. The molecule has 0 spiro atoms. The minimum absolute atomic E-state index is 0.203. The van der Waals surface area contributed by atoms with Crippen LogP contribution in [-0.4, -0.2) is 12.1 Å². The highest BCUT2D eigenvalue weighted by molar-refractivity contribution is 5.77. The minimum Gasteiger partial charge on any atom is -0.462 e. The zero-order chi connectivity index (χ0) is 18.4. The van der Waals surface area contributed by atoms with Crippen LogP contribution in [0.5, 0.6) is 0 Å². The summed E-state index contributed by atoms with van der Waals surface area (Å²) in [5.74, 6) is -2.09. The molecule has 2 fully saturated rings. The SMILES string of the molecule is [2H]C1([2H])[C@H](c2ccccc2)[C@@]1([2H])C(=O)O[C@@H]1C[C@H](C)CC[C@H]1C(C)C. The summed E-state index contributed by atoms with van der Waals surface area (Å²) in [6.07, 6.45) is 0.877.